The number of benzene rings is 2. The summed E-state index contributed by atoms with van der Waals surface area (Å²) in [6.45, 7) is -0.171. The minimum atomic E-state index is -0.765. The van der Waals surface area contributed by atoms with Crippen LogP contribution in [0.2, 0.25) is 0 Å². The van der Waals surface area contributed by atoms with Gasteiger partial charge >= 0.3 is 5.97 Å². The molecule has 0 spiro atoms. The normalized spacial score (nSPS) is 11.7. The van der Waals surface area contributed by atoms with Crippen LogP contribution in [0.25, 0.3) is 21.2 Å². The smallest absolute Gasteiger partial charge is 0.325 e. The molecule has 8 nitrogen and oxygen atoms in total. The molecule has 0 unspecified atom stereocenters. The highest BCUT2D eigenvalue weighted by Crippen LogP contribution is 2.27. The molecule has 0 radical (unpaired) electrons. The van der Waals surface area contributed by atoms with Crippen LogP contribution in [-0.2, 0) is 16.1 Å². The number of hydrogen-bond acceptors (Lipinski definition) is 7. The molecule has 152 valence electrons. The number of thiazole rings is 1. The topological polar surface area (TPSA) is 100 Å². The number of ether oxygens (including phenoxy) is 2. The molecule has 4 aromatic rings. The van der Waals surface area contributed by atoms with Gasteiger partial charge in [0.2, 0.25) is 5.43 Å². The van der Waals surface area contributed by atoms with Gasteiger partial charge in [0.1, 0.15) is 35.2 Å². The molecule has 9 heteroatoms. The largest absolute Gasteiger partial charge is 0.495 e. The molecule has 2 heterocycles. The van der Waals surface area contributed by atoms with E-state index >= 15 is 0 Å². The van der Waals surface area contributed by atoms with E-state index in [0.717, 1.165) is 11.0 Å². The van der Waals surface area contributed by atoms with Gasteiger partial charge in [-0.2, -0.15) is 4.99 Å². The van der Waals surface area contributed by atoms with Gasteiger partial charge < -0.3 is 18.5 Å². The van der Waals surface area contributed by atoms with Gasteiger partial charge in [0.25, 0.3) is 5.91 Å². The summed E-state index contributed by atoms with van der Waals surface area (Å²) in [5.74, 6) is -0.759. The molecule has 30 heavy (non-hydrogen) atoms. The number of carbonyl (C=O) groups excluding carboxylic acids is 2. The monoisotopic (exact) mass is 424 g/mol. The van der Waals surface area contributed by atoms with Crippen molar-refractivity contribution in [1.82, 2.24) is 4.57 Å². The Morgan fingerprint density at radius 3 is 2.70 bits per heavy atom. The van der Waals surface area contributed by atoms with Gasteiger partial charge in [-0.05, 0) is 24.3 Å². The maximum absolute atomic E-state index is 12.8. The zero-order chi connectivity index (χ0) is 21.3. The number of rotatable bonds is 4. The van der Waals surface area contributed by atoms with Crippen LogP contribution in [-0.4, -0.2) is 30.7 Å². The number of amides is 1. The molecule has 4 rings (SSSR count). The van der Waals surface area contributed by atoms with Gasteiger partial charge in [-0.3, -0.25) is 14.4 Å². The van der Waals surface area contributed by atoms with E-state index in [1.807, 2.05) is 6.07 Å². The van der Waals surface area contributed by atoms with E-state index in [-0.39, 0.29) is 16.9 Å². The molecule has 0 saturated heterocycles. The highest BCUT2D eigenvalue weighted by Gasteiger charge is 2.18. The van der Waals surface area contributed by atoms with Gasteiger partial charge in [-0.1, -0.05) is 29.5 Å². The van der Waals surface area contributed by atoms with Gasteiger partial charge in [0, 0.05) is 0 Å². The fourth-order valence-corrected chi connectivity index (χ4v) is 4.11. The average molecular weight is 424 g/mol. The first kappa shape index (κ1) is 19.6. The first-order chi connectivity index (χ1) is 14.5. The molecule has 0 aliphatic rings. The van der Waals surface area contributed by atoms with Crippen LogP contribution < -0.4 is 15.0 Å². The summed E-state index contributed by atoms with van der Waals surface area (Å²) in [5, 5.41) is 0.291. The van der Waals surface area contributed by atoms with Crippen LogP contribution in [0.15, 0.2) is 62.9 Å². The van der Waals surface area contributed by atoms with E-state index in [1.54, 1.807) is 36.4 Å². The molecule has 0 aliphatic carbocycles. The van der Waals surface area contributed by atoms with E-state index in [4.69, 9.17) is 13.9 Å². The molecule has 2 aromatic carbocycles. The lowest BCUT2D eigenvalue weighted by atomic mass is 10.2. The van der Waals surface area contributed by atoms with Crippen molar-refractivity contribution in [2.75, 3.05) is 14.2 Å². The van der Waals surface area contributed by atoms with E-state index in [9.17, 15) is 14.4 Å². The molecule has 2 aromatic heterocycles. The van der Waals surface area contributed by atoms with Crippen molar-refractivity contribution in [3.05, 3.63) is 69.3 Å². The quantitative estimate of drug-likeness (QED) is 0.467. The second-order valence-electron chi connectivity index (χ2n) is 6.25. The number of aromatic nitrogens is 1. The highest BCUT2D eigenvalue weighted by molar-refractivity contribution is 7.16. The number of methoxy groups -OCH3 is 2. The average Bonchev–Trinajstić information content (AvgIpc) is 3.10. The predicted octanol–water partition coefficient (Wildman–Crippen LogP) is 2.73. The van der Waals surface area contributed by atoms with Crippen LogP contribution in [0.1, 0.15) is 10.4 Å². The third kappa shape index (κ3) is 3.39. The van der Waals surface area contributed by atoms with E-state index in [0.29, 0.717) is 22.2 Å². The Labute approximate surface area is 173 Å². The molecular formula is C21H16N2O6S. The minimum Gasteiger partial charge on any atom is -0.495 e. The molecule has 0 bridgehead atoms. The Balaban J connectivity index is 1.91. The van der Waals surface area contributed by atoms with Crippen molar-refractivity contribution in [2.24, 2.45) is 4.99 Å². The molecule has 0 fully saturated rings. The lowest BCUT2D eigenvalue weighted by Gasteiger charge is -2.07. The summed E-state index contributed by atoms with van der Waals surface area (Å²) in [6, 6.07) is 12.0. The maximum Gasteiger partial charge on any atom is 0.325 e. The number of fused-ring (bicyclic) bond motifs is 2. The van der Waals surface area contributed by atoms with Crippen molar-refractivity contribution in [2.45, 2.75) is 6.54 Å². The molecule has 1 amide bonds. The van der Waals surface area contributed by atoms with Crippen LogP contribution in [0.3, 0.4) is 0 Å². The van der Waals surface area contributed by atoms with Crippen LogP contribution in [0.5, 0.6) is 5.75 Å². The molecule has 0 N–H and O–H groups in total. The van der Waals surface area contributed by atoms with E-state index in [2.05, 4.69) is 4.99 Å². The Hall–Kier alpha value is -3.72. The van der Waals surface area contributed by atoms with E-state index in [1.165, 1.54) is 30.1 Å². The highest BCUT2D eigenvalue weighted by atomic mass is 32.1. The number of carbonyl (C=O) groups is 2. The van der Waals surface area contributed by atoms with E-state index < -0.39 is 17.3 Å². The van der Waals surface area contributed by atoms with Gasteiger partial charge in [0.15, 0.2) is 4.80 Å². The summed E-state index contributed by atoms with van der Waals surface area (Å²) in [4.78, 5) is 41.9. The van der Waals surface area contributed by atoms with Crippen LogP contribution in [0.4, 0.5) is 0 Å². The van der Waals surface area contributed by atoms with Crippen molar-refractivity contribution in [3.8, 4) is 5.75 Å². The first-order valence-corrected chi connectivity index (χ1v) is 9.68. The van der Waals surface area contributed by atoms with Crippen molar-refractivity contribution < 1.29 is 23.5 Å². The number of nitrogens with zero attached hydrogens (tertiary/aromatic N) is 2. The molecular weight excluding hydrogens is 408 g/mol. The lowest BCUT2D eigenvalue weighted by molar-refractivity contribution is -0.141. The Bertz CT molecular complexity index is 1410. The summed E-state index contributed by atoms with van der Waals surface area (Å²) in [7, 11) is 2.79. The van der Waals surface area contributed by atoms with Gasteiger partial charge in [-0.25, -0.2) is 0 Å². The fraction of sp³-hybridized carbons (Fsp3) is 0.143. The second-order valence-corrected chi connectivity index (χ2v) is 7.25. The fourth-order valence-electron chi connectivity index (χ4n) is 3.06. The predicted molar refractivity (Wildman–Crippen MR) is 111 cm³/mol. The van der Waals surface area contributed by atoms with Crippen LogP contribution in [0, 0.1) is 0 Å². The van der Waals surface area contributed by atoms with Crippen molar-refractivity contribution in [3.63, 3.8) is 0 Å². The summed E-state index contributed by atoms with van der Waals surface area (Å²) in [5.41, 5.74) is 0.324. The van der Waals surface area contributed by atoms with Gasteiger partial charge in [-0.15, -0.1) is 0 Å². The van der Waals surface area contributed by atoms with Crippen LogP contribution >= 0.6 is 11.3 Å². The Kier molecular flexibility index (Phi) is 5.20. The second kappa shape index (κ2) is 7.96. The Morgan fingerprint density at radius 1 is 1.13 bits per heavy atom. The summed E-state index contributed by atoms with van der Waals surface area (Å²) < 4.78 is 17.9. The van der Waals surface area contributed by atoms with Crippen molar-refractivity contribution in [1.29, 1.82) is 0 Å². The number of esters is 1. The third-order valence-electron chi connectivity index (χ3n) is 4.51. The first-order valence-electron chi connectivity index (χ1n) is 8.86. The maximum atomic E-state index is 12.8. The Morgan fingerprint density at radius 2 is 1.93 bits per heavy atom. The summed E-state index contributed by atoms with van der Waals surface area (Å²) in [6.07, 6.45) is 1.11. The zero-order valence-corrected chi connectivity index (χ0v) is 16.9. The lowest BCUT2D eigenvalue weighted by Crippen LogP contribution is -2.23. The molecule has 0 aliphatic heterocycles. The standard InChI is InChI=1S/C21H16N2O6S/c1-27-15-8-5-9-16-18(15)23(10-17(24)28-2)21(30-16)22-20(26)13-11-29-14-7-4-3-6-12(14)19(13)25/h3-9,11H,10H2,1-2H3. The number of para-hydroxylation sites is 2. The van der Waals surface area contributed by atoms with Crippen molar-refractivity contribution >= 4 is 44.4 Å². The summed E-state index contributed by atoms with van der Waals surface area (Å²) >= 11 is 1.19. The number of hydrogen-bond donors (Lipinski definition) is 0. The minimum absolute atomic E-state index is 0.171. The van der Waals surface area contributed by atoms with Gasteiger partial charge in [0.05, 0.1) is 24.3 Å². The zero-order valence-electron chi connectivity index (χ0n) is 16.1. The third-order valence-corrected chi connectivity index (χ3v) is 5.55. The molecule has 0 saturated carbocycles. The SMILES string of the molecule is COC(=O)Cn1c(=NC(=O)c2coc3ccccc3c2=O)sc2cccc(OC)c21. The molecule has 0 atom stereocenters.